The smallest absolute Gasteiger partial charge is 0.0642 e. The fourth-order valence-corrected chi connectivity index (χ4v) is 1.74. The van der Waals surface area contributed by atoms with Gasteiger partial charge in [-0.05, 0) is 24.6 Å². The molecule has 0 saturated heterocycles. The lowest BCUT2D eigenvalue weighted by atomic mass is 10.1. The Hall–Kier alpha value is -0.990. The summed E-state index contributed by atoms with van der Waals surface area (Å²) in [5, 5.41) is 0.731. The predicted octanol–water partition coefficient (Wildman–Crippen LogP) is 2.98. The van der Waals surface area contributed by atoms with E-state index < -0.39 is 0 Å². The van der Waals surface area contributed by atoms with Gasteiger partial charge >= 0.3 is 0 Å². The SMILES string of the molecule is C=CCN(C)c1ccc(C(C)N)cc1Cl. The third-order valence-electron chi connectivity index (χ3n) is 2.31. The van der Waals surface area contributed by atoms with Crippen LogP contribution in [0, 0.1) is 0 Å². The Labute approximate surface area is 96.3 Å². The highest BCUT2D eigenvalue weighted by Gasteiger charge is 2.07. The van der Waals surface area contributed by atoms with Crippen LogP contribution >= 0.6 is 11.6 Å². The molecule has 0 amide bonds. The second kappa shape index (κ2) is 5.19. The molecule has 0 spiro atoms. The molecule has 0 aromatic heterocycles. The van der Waals surface area contributed by atoms with Gasteiger partial charge in [0.05, 0.1) is 10.7 Å². The fraction of sp³-hybridized carbons (Fsp3) is 0.333. The summed E-state index contributed by atoms with van der Waals surface area (Å²) in [7, 11) is 1.98. The molecule has 1 aromatic rings. The Balaban J connectivity index is 2.97. The fourth-order valence-electron chi connectivity index (χ4n) is 1.41. The van der Waals surface area contributed by atoms with Crippen LogP contribution in [-0.4, -0.2) is 13.6 Å². The van der Waals surface area contributed by atoms with E-state index in [4.69, 9.17) is 17.3 Å². The molecule has 1 aromatic carbocycles. The zero-order chi connectivity index (χ0) is 11.4. The van der Waals surface area contributed by atoms with Crippen LogP contribution in [0.5, 0.6) is 0 Å². The van der Waals surface area contributed by atoms with E-state index in [-0.39, 0.29) is 6.04 Å². The molecule has 15 heavy (non-hydrogen) atoms. The topological polar surface area (TPSA) is 29.3 Å². The third kappa shape index (κ3) is 2.98. The van der Waals surface area contributed by atoms with E-state index in [2.05, 4.69) is 6.58 Å². The van der Waals surface area contributed by atoms with Crippen molar-refractivity contribution in [1.29, 1.82) is 0 Å². The van der Waals surface area contributed by atoms with Crippen molar-refractivity contribution in [2.24, 2.45) is 5.73 Å². The summed E-state index contributed by atoms with van der Waals surface area (Å²) in [6.45, 7) is 6.42. The number of hydrogen-bond donors (Lipinski definition) is 1. The van der Waals surface area contributed by atoms with Gasteiger partial charge in [0, 0.05) is 19.6 Å². The molecular formula is C12H17ClN2. The van der Waals surface area contributed by atoms with Crippen molar-refractivity contribution >= 4 is 17.3 Å². The first kappa shape index (κ1) is 12.1. The van der Waals surface area contributed by atoms with E-state index in [1.807, 2.05) is 43.1 Å². The Kier molecular flexibility index (Phi) is 4.18. The number of nitrogens with two attached hydrogens (primary N) is 1. The highest BCUT2D eigenvalue weighted by Crippen LogP contribution is 2.27. The molecule has 0 bridgehead atoms. The molecule has 0 radical (unpaired) electrons. The van der Waals surface area contributed by atoms with Crippen molar-refractivity contribution in [3.05, 3.63) is 41.4 Å². The quantitative estimate of drug-likeness (QED) is 0.797. The molecule has 1 atom stereocenters. The van der Waals surface area contributed by atoms with E-state index in [9.17, 15) is 0 Å². The van der Waals surface area contributed by atoms with Gasteiger partial charge in [0.2, 0.25) is 0 Å². The second-order valence-corrected chi connectivity index (χ2v) is 4.08. The van der Waals surface area contributed by atoms with Crippen LogP contribution in [0.3, 0.4) is 0 Å². The number of hydrogen-bond acceptors (Lipinski definition) is 2. The third-order valence-corrected chi connectivity index (χ3v) is 2.61. The number of rotatable bonds is 4. The zero-order valence-corrected chi connectivity index (χ0v) is 9.96. The number of likely N-dealkylation sites (N-methyl/N-ethyl adjacent to an activating group) is 1. The predicted molar refractivity (Wildman–Crippen MR) is 67.5 cm³/mol. The summed E-state index contributed by atoms with van der Waals surface area (Å²) in [5.41, 5.74) is 7.83. The lowest BCUT2D eigenvalue weighted by molar-refractivity contribution is 0.818. The number of nitrogens with zero attached hydrogens (tertiary/aromatic N) is 1. The molecule has 2 N–H and O–H groups in total. The Morgan fingerprint density at radius 2 is 2.27 bits per heavy atom. The molecule has 3 heteroatoms. The van der Waals surface area contributed by atoms with Crippen LogP contribution in [0.15, 0.2) is 30.9 Å². The maximum absolute atomic E-state index is 6.17. The van der Waals surface area contributed by atoms with Crippen molar-refractivity contribution in [3.63, 3.8) is 0 Å². The summed E-state index contributed by atoms with van der Waals surface area (Å²) in [4.78, 5) is 2.04. The van der Waals surface area contributed by atoms with Crippen LogP contribution in [-0.2, 0) is 0 Å². The van der Waals surface area contributed by atoms with Crippen molar-refractivity contribution in [2.45, 2.75) is 13.0 Å². The first-order valence-electron chi connectivity index (χ1n) is 4.93. The molecular weight excluding hydrogens is 208 g/mol. The molecule has 0 aliphatic rings. The molecule has 2 nitrogen and oxygen atoms in total. The van der Waals surface area contributed by atoms with Gasteiger partial charge in [0.25, 0.3) is 0 Å². The number of benzene rings is 1. The normalized spacial score (nSPS) is 12.3. The van der Waals surface area contributed by atoms with E-state index in [0.29, 0.717) is 0 Å². The van der Waals surface area contributed by atoms with Gasteiger partial charge in [-0.1, -0.05) is 23.7 Å². The van der Waals surface area contributed by atoms with E-state index in [1.54, 1.807) is 0 Å². The van der Waals surface area contributed by atoms with Crippen LogP contribution in [0.4, 0.5) is 5.69 Å². The van der Waals surface area contributed by atoms with Gasteiger partial charge in [-0.3, -0.25) is 0 Å². The molecule has 0 fully saturated rings. The van der Waals surface area contributed by atoms with Crippen LogP contribution in [0.1, 0.15) is 18.5 Å². The molecule has 1 unspecified atom stereocenters. The summed E-state index contributed by atoms with van der Waals surface area (Å²) < 4.78 is 0. The second-order valence-electron chi connectivity index (χ2n) is 3.67. The minimum Gasteiger partial charge on any atom is -0.370 e. The largest absolute Gasteiger partial charge is 0.370 e. The van der Waals surface area contributed by atoms with Crippen LogP contribution in [0.25, 0.3) is 0 Å². The van der Waals surface area contributed by atoms with Crippen molar-refractivity contribution in [3.8, 4) is 0 Å². The minimum absolute atomic E-state index is 0.0151. The molecule has 0 heterocycles. The standard InChI is InChI=1S/C12H17ClN2/c1-4-7-15(3)12-6-5-10(9(2)14)8-11(12)13/h4-6,8-9H,1,7,14H2,2-3H3. The van der Waals surface area contributed by atoms with Gasteiger partial charge < -0.3 is 10.6 Å². The van der Waals surface area contributed by atoms with Gasteiger partial charge in [-0.25, -0.2) is 0 Å². The molecule has 0 saturated carbocycles. The molecule has 0 aliphatic heterocycles. The van der Waals surface area contributed by atoms with Crippen LogP contribution in [0.2, 0.25) is 5.02 Å². The molecule has 0 aliphatic carbocycles. The maximum atomic E-state index is 6.17. The Morgan fingerprint density at radius 1 is 1.60 bits per heavy atom. The van der Waals surface area contributed by atoms with Crippen LogP contribution < -0.4 is 10.6 Å². The average molecular weight is 225 g/mol. The number of anilines is 1. The summed E-state index contributed by atoms with van der Waals surface area (Å²) >= 11 is 6.17. The average Bonchev–Trinajstić information content (AvgIpc) is 2.17. The monoisotopic (exact) mass is 224 g/mol. The lowest BCUT2D eigenvalue weighted by Gasteiger charge is -2.19. The summed E-state index contributed by atoms with van der Waals surface area (Å²) in [6.07, 6.45) is 1.84. The molecule has 1 rings (SSSR count). The lowest BCUT2D eigenvalue weighted by Crippen LogP contribution is -2.17. The van der Waals surface area contributed by atoms with Gasteiger partial charge in [-0.15, -0.1) is 6.58 Å². The minimum atomic E-state index is 0.0151. The van der Waals surface area contributed by atoms with Gasteiger partial charge in [0.1, 0.15) is 0 Å². The maximum Gasteiger partial charge on any atom is 0.0642 e. The Morgan fingerprint density at radius 3 is 2.73 bits per heavy atom. The van der Waals surface area contributed by atoms with Gasteiger partial charge in [0.15, 0.2) is 0 Å². The van der Waals surface area contributed by atoms with Crippen molar-refractivity contribution in [1.82, 2.24) is 0 Å². The summed E-state index contributed by atoms with van der Waals surface area (Å²) in [5.74, 6) is 0. The summed E-state index contributed by atoms with van der Waals surface area (Å²) in [6, 6.07) is 5.93. The van der Waals surface area contributed by atoms with Crippen molar-refractivity contribution in [2.75, 3.05) is 18.5 Å². The van der Waals surface area contributed by atoms with Gasteiger partial charge in [-0.2, -0.15) is 0 Å². The zero-order valence-electron chi connectivity index (χ0n) is 9.20. The highest BCUT2D eigenvalue weighted by atomic mass is 35.5. The van der Waals surface area contributed by atoms with E-state index in [0.717, 1.165) is 22.8 Å². The highest BCUT2D eigenvalue weighted by molar-refractivity contribution is 6.33. The van der Waals surface area contributed by atoms with Crippen molar-refractivity contribution < 1.29 is 0 Å². The first-order valence-corrected chi connectivity index (χ1v) is 5.31. The first-order chi connectivity index (χ1) is 7.06. The number of halogens is 1. The van der Waals surface area contributed by atoms with E-state index >= 15 is 0 Å². The molecule has 82 valence electrons. The Bertz CT molecular complexity index is 347. The van der Waals surface area contributed by atoms with E-state index in [1.165, 1.54) is 0 Å².